The van der Waals surface area contributed by atoms with Crippen LogP contribution in [0.2, 0.25) is 0 Å². The Bertz CT molecular complexity index is 550. The van der Waals surface area contributed by atoms with E-state index in [0.717, 1.165) is 0 Å². The normalized spacial score (nSPS) is 11.2. The van der Waals surface area contributed by atoms with Gasteiger partial charge in [0.05, 0.1) is 24.7 Å². The topological polar surface area (TPSA) is 102 Å². The monoisotopic (exact) mass is 278 g/mol. The molecule has 0 aromatic heterocycles. The highest BCUT2D eigenvalue weighted by molar-refractivity contribution is 5.75. The summed E-state index contributed by atoms with van der Waals surface area (Å²) in [6, 6.07) is 5.87. The molecule has 0 aliphatic carbocycles. The number of hydrogen-bond acceptors (Lipinski definition) is 6. The zero-order valence-corrected chi connectivity index (χ0v) is 11.2. The van der Waals surface area contributed by atoms with Crippen molar-refractivity contribution in [2.75, 3.05) is 13.7 Å². The van der Waals surface area contributed by atoms with E-state index in [4.69, 9.17) is 14.7 Å². The Hall–Kier alpha value is -2.62. The molecule has 1 unspecified atom stereocenters. The van der Waals surface area contributed by atoms with Gasteiger partial charge in [0.15, 0.2) is 0 Å². The molecule has 1 rings (SSSR count). The molecule has 1 aromatic rings. The van der Waals surface area contributed by atoms with Crippen LogP contribution in [0.15, 0.2) is 18.2 Å². The van der Waals surface area contributed by atoms with Gasteiger partial charge in [-0.3, -0.25) is 14.9 Å². The summed E-state index contributed by atoms with van der Waals surface area (Å²) in [4.78, 5) is 21.8. The SMILES string of the molecule is CCOC(=O)C(C#N)Cc1cc([N+](=O)[O-])ccc1OC. The fourth-order valence-electron chi connectivity index (χ4n) is 1.68. The van der Waals surface area contributed by atoms with Crippen LogP contribution in [0.3, 0.4) is 0 Å². The molecule has 0 aliphatic heterocycles. The summed E-state index contributed by atoms with van der Waals surface area (Å²) in [6.45, 7) is 1.81. The van der Waals surface area contributed by atoms with Gasteiger partial charge in [0.1, 0.15) is 11.7 Å². The molecule has 7 nitrogen and oxygen atoms in total. The van der Waals surface area contributed by atoms with Gasteiger partial charge in [-0.2, -0.15) is 5.26 Å². The number of nitriles is 1. The van der Waals surface area contributed by atoms with Gasteiger partial charge in [-0.1, -0.05) is 0 Å². The molecule has 0 bridgehead atoms. The van der Waals surface area contributed by atoms with Crippen molar-refractivity contribution >= 4 is 11.7 Å². The summed E-state index contributed by atoms with van der Waals surface area (Å²) in [5.74, 6) is -1.28. The summed E-state index contributed by atoms with van der Waals surface area (Å²) < 4.78 is 9.86. The van der Waals surface area contributed by atoms with E-state index in [9.17, 15) is 14.9 Å². The fourth-order valence-corrected chi connectivity index (χ4v) is 1.68. The molecule has 0 amide bonds. The lowest BCUT2D eigenvalue weighted by atomic mass is 9.99. The highest BCUT2D eigenvalue weighted by atomic mass is 16.6. The van der Waals surface area contributed by atoms with Crippen LogP contribution in [-0.4, -0.2) is 24.6 Å². The van der Waals surface area contributed by atoms with Crippen molar-refractivity contribution in [1.82, 2.24) is 0 Å². The third kappa shape index (κ3) is 3.68. The number of nitro benzene ring substituents is 1. The lowest BCUT2D eigenvalue weighted by molar-refractivity contribution is -0.384. The van der Waals surface area contributed by atoms with Crippen LogP contribution in [-0.2, 0) is 16.0 Å². The van der Waals surface area contributed by atoms with Crippen LogP contribution in [0.25, 0.3) is 0 Å². The Kier molecular flexibility index (Phi) is 5.47. The van der Waals surface area contributed by atoms with Crippen molar-refractivity contribution in [3.8, 4) is 11.8 Å². The summed E-state index contributed by atoms with van der Waals surface area (Å²) in [5.41, 5.74) is 0.294. The van der Waals surface area contributed by atoms with Gasteiger partial charge in [-0.05, 0) is 13.0 Å². The second kappa shape index (κ2) is 7.09. The number of esters is 1. The maximum atomic E-state index is 11.6. The lowest BCUT2D eigenvalue weighted by Crippen LogP contribution is -2.18. The second-order valence-electron chi connectivity index (χ2n) is 3.89. The van der Waals surface area contributed by atoms with E-state index in [-0.39, 0.29) is 18.7 Å². The lowest BCUT2D eigenvalue weighted by Gasteiger charge is -2.11. The summed E-state index contributed by atoms with van der Waals surface area (Å²) in [6.07, 6.45) is 0.000185. The van der Waals surface area contributed by atoms with E-state index in [0.29, 0.717) is 11.3 Å². The van der Waals surface area contributed by atoms with Crippen molar-refractivity contribution in [1.29, 1.82) is 5.26 Å². The molecule has 0 saturated heterocycles. The van der Waals surface area contributed by atoms with Crippen molar-refractivity contribution in [3.63, 3.8) is 0 Å². The Balaban J connectivity index is 3.05. The van der Waals surface area contributed by atoms with Gasteiger partial charge in [0, 0.05) is 24.1 Å². The third-order valence-corrected chi connectivity index (χ3v) is 2.63. The number of non-ortho nitro benzene ring substituents is 1. The molecule has 1 aromatic carbocycles. The zero-order chi connectivity index (χ0) is 15.1. The number of rotatable bonds is 6. The Labute approximate surface area is 115 Å². The Morgan fingerprint density at radius 3 is 2.75 bits per heavy atom. The van der Waals surface area contributed by atoms with Gasteiger partial charge in [-0.15, -0.1) is 0 Å². The average molecular weight is 278 g/mol. The van der Waals surface area contributed by atoms with Crippen molar-refractivity contribution in [2.45, 2.75) is 13.3 Å². The molecule has 0 saturated carbocycles. The largest absolute Gasteiger partial charge is 0.496 e. The van der Waals surface area contributed by atoms with Crippen LogP contribution in [0.4, 0.5) is 5.69 Å². The standard InChI is InChI=1S/C13H14N2O5/c1-3-20-13(16)10(8-14)6-9-7-11(15(17)18)4-5-12(9)19-2/h4-5,7,10H,3,6H2,1-2H3. The van der Waals surface area contributed by atoms with Gasteiger partial charge < -0.3 is 9.47 Å². The minimum absolute atomic E-state index is 0.000185. The van der Waals surface area contributed by atoms with Crippen molar-refractivity contribution < 1.29 is 19.2 Å². The highest BCUT2D eigenvalue weighted by Crippen LogP contribution is 2.26. The molecule has 0 spiro atoms. The molecule has 0 N–H and O–H groups in total. The molecule has 1 atom stereocenters. The maximum absolute atomic E-state index is 11.6. The average Bonchev–Trinajstić information content (AvgIpc) is 2.44. The minimum Gasteiger partial charge on any atom is -0.496 e. The first-order valence-corrected chi connectivity index (χ1v) is 5.91. The number of methoxy groups -OCH3 is 1. The van der Waals surface area contributed by atoms with Gasteiger partial charge >= 0.3 is 5.97 Å². The number of benzene rings is 1. The van der Waals surface area contributed by atoms with E-state index in [1.165, 1.54) is 25.3 Å². The molecular formula is C13H14N2O5. The van der Waals surface area contributed by atoms with Crippen molar-refractivity contribution in [2.24, 2.45) is 5.92 Å². The van der Waals surface area contributed by atoms with Crippen LogP contribution >= 0.6 is 0 Å². The number of ether oxygens (including phenoxy) is 2. The molecule has 106 valence electrons. The zero-order valence-electron chi connectivity index (χ0n) is 11.2. The Morgan fingerprint density at radius 1 is 1.55 bits per heavy atom. The van der Waals surface area contributed by atoms with Gasteiger partial charge in [0.2, 0.25) is 0 Å². The van der Waals surface area contributed by atoms with Crippen LogP contribution in [0.1, 0.15) is 12.5 Å². The fraction of sp³-hybridized carbons (Fsp3) is 0.385. The van der Waals surface area contributed by atoms with Crippen molar-refractivity contribution in [3.05, 3.63) is 33.9 Å². The third-order valence-electron chi connectivity index (χ3n) is 2.63. The number of nitrogens with zero attached hydrogens (tertiary/aromatic N) is 2. The van der Waals surface area contributed by atoms with Gasteiger partial charge in [-0.25, -0.2) is 0 Å². The van der Waals surface area contributed by atoms with Crippen LogP contribution in [0.5, 0.6) is 5.75 Å². The highest BCUT2D eigenvalue weighted by Gasteiger charge is 2.23. The molecule has 0 heterocycles. The number of carbonyl (C=O) groups is 1. The molecule has 0 fully saturated rings. The first kappa shape index (κ1) is 15.4. The molecular weight excluding hydrogens is 264 g/mol. The van der Waals surface area contributed by atoms with E-state index in [2.05, 4.69) is 0 Å². The maximum Gasteiger partial charge on any atom is 0.323 e. The summed E-state index contributed by atoms with van der Waals surface area (Å²) in [5, 5.41) is 19.8. The van der Waals surface area contributed by atoms with E-state index in [1.807, 2.05) is 6.07 Å². The van der Waals surface area contributed by atoms with Gasteiger partial charge in [0.25, 0.3) is 5.69 Å². The van der Waals surface area contributed by atoms with E-state index >= 15 is 0 Å². The molecule has 20 heavy (non-hydrogen) atoms. The molecule has 0 aliphatic rings. The molecule has 0 radical (unpaired) electrons. The second-order valence-corrected chi connectivity index (χ2v) is 3.89. The minimum atomic E-state index is -1.02. The van der Waals surface area contributed by atoms with Crippen LogP contribution in [0, 0.1) is 27.4 Å². The first-order valence-electron chi connectivity index (χ1n) is 5.91. The molecule has 7 heteroatoms. The Morgan fingerprint density at radius 2 is 2.25 bits per heavy atom. The number of nitro groups is 1. The smallest absolute Gasteiger partial charge is 0.323 e. The summed E-state index contributed by atoms with van der Waals surface area (Å²) >= 11 is 0. The first-order chi connectivity index (χ1) is 9.53. The number of carbonyl (C=O) groups excluding carboxylic acids is 1. The number of hydrogen-bond donors (Lipinski definition) is 0. The van der Waals surface area contributed by atoms with Crippen LogP contribution < -0.4 is 4.74 Å². The predicted molar refractivity (Wildman–Crippen MR) is 69.1 cm³/mol. The van der Waals surface area contributed by atoms with E-state index in [1.54, 1.807) is 6.92 Å². The quantitative estimate of drug-likeness (QED) is 0.447. The van der Waals surface area contributed by atoms with E-state index < -0.39 is 16.8 Å². The predicted octanol–water partition coefficient (Wildman–Crippen LogP) is 1.85. The summed E-state index contributed by atoms with van der Waals surface area (Å²) in [7, 11) is 1.41.